The zero-order valence-electron chi connectivity index (χ0n) is 19.5. The predicted molar refractivity (Wildman–Crippen MR) is 139 cm³/mol. The van der Waals surface area contributed by atoms with Crippen molar-refractivity contribution < 1.29 is 19.5 Å². The van der Waals surface area contributed by atoms with Gasteiger partial charge in [0.25, 0.3) is 0 Å². The van der Waals surface area contributed by atoms with Gasteiger partial charge in [-0.25, -0.2) is 0 Å². The van der Waals surface area contributed by atoms with E-state index in [1.54, 1.807) is 42.5 Å². The Kier molecular flexibility index (Phi) is 5.84. The van der Waals surface area contributed by atoms with E-state index < -0.39 is 47.2 Å². The Morgan fingerprint density at radius 2 is 1.65 bits per heavy atom. The number of likely N-dealkylation sites (tertiary alicyclic amines) is 1. The first-order valence-corrected chi connectivity index (χ1v) is 12.8. The fourth-order valence-electron chi connectivity index (χ4n) is 6.03. The number of amides is 3. The molecule has 5 atom stereocenters. The van der Waals surface area contributed by atoms with E-state index in [1.165, 1.54) is 4.90 Å². The Morgan fingerprint density at radius 1 is 0.919 bits per heavy atom. The number of aliphatic hydroxyl groups is 1. The number of anilines is 1. The van der Waals surface area contributed by atoms with Gasteiger partial charge in [0.1, 0.15) is 5.54 Å². The molecule has 0 saturated carbocycles. The number of nitrogens with one attached hydrogen (secondary N) is 2. The first-order chi connectivity index (χ1) is 17.8. The Labute approximate surface area is 223 Å². The fraction of sp³-hybridized carbons (Fsp3) is 0.250. The van der Waals surface area contributed by atoms with Gasteiger partial charge >= 0.3 is 0 Å². The summed E-state index contributed by atoms with van der Waals surface area (Å²) in [5.74, 6) is -3.31. The van der Waals surface area contributed by atoms with Gasteiger partial charge in [-0.1, -0.05) is 77.8 Å². The van der Waals surface area contributed by atoms with Gasteiger partial charge in [-0.3, -0.25) is 24.6 Å². The predicted octanol–water partition coefficient (Wildman–Crippen LogP) is 3.69. The molecule has 9 heteroatoms. The molecule has 2 fully saturated rings. The highest BCUT2D eigenvalue weighted by Crippen LogP contribution is 2.55. The maximum atomic E-state index is 13.9. The summed E-state index contributed by atoms with van der Waals surface area (Å²) in [5.41, 5.74) is 0.866. The van der Waals surface area contributed by atoms with Gasteiger partial charge in [0.2, 0.25) is 17.7 Å². The van der Waals surface area contributed by atoms with Crippen LogP contribution < -0.4 is 10.6 Å². The molecule has 1 spiro atoms. The van der Waals surface area contributed by atoms with Gasteiger partial charge in [-0.05, 0) is 35.7 Å². The summed E-state index contributed by atoms with van der Waals surface area (Å²) in [5, 5.41) is 18.3. The third kappa shape index (κ3) is 3.61. The lowest BCUT2D eigenvalue weighted by Crippen LogP contribution is -2.54. The van der Waals surface area contributed by atoms with Crippen LogP contribution in [0.3, 0.4) is 0 Å². The highest BCUT2D eigenvalue weighted by Gasteiger charge is 2.71. The maximum absolute atomic E-state index is 13.9. The molecule has 0 aromatic heterocycles. The molecule has 0 bridgehead atoms. The Balaban J connectivity index is 1.43. The largest absolute Gasteiger partial charge is 0.387 e. The number of fused-ring (bicyclic) bond motifs is 4. The Hall–Kier alpha value is -3.23. The third-order valence-corrected chi connectivity index (χ3v) is 8.31. The number of imide groups is 1. The lowest BCUT2D eigenvalue weighted by Gasteiger charge is -2.30. The van der Waals surface area contributed by atoms with Crippen LogP contribution >= 0.6 is 23.2 Å². The van der Waals surface area contributed by atoms with E-state index in [-0.39, 0.29) is 6.54 Å². The number of aliphatic hydroxyl groups excluding tert-OH is 1. The second-order valence-electron chi connectivity index (χ2n) is 9.66. The van der Waals surface area contributed by atoms with E-state index in [9.17, 15) is 19.5 Å². The van der Waals surface area contributed by atoms with Crippen molar-refractivity contribution >= 4 is 46.6 Å². The highest BCUT2D eigenvalue weighted by molar-refractivity contribution is 6.35. The van der Waals surface area contributed by atoms with E-state index in [0.717, 1.165) is 5.56 Å². The van der Waals surface area contributed by atoms with Crippen LogP contribution in [0.4, 0.5) is 5.69 Å². The van der Waals surface area contributed by atoms with E-state index in [0.29, 0.717) is 33.3 Å². The number of para-hydroxylation sites is 1. The van der Waals surface area contributed by atoms with Crippen molar-refractivity contribution in [1.82, 2.24) is 10.2 Å². The summed E-state index contributed by atoms with van der Waals surface area (Å²) < 4.78 is 0. The molecular formula is C28H23Cl2N3O4. The van der Waals surface area contributed by atoms with Crippen molar-refractivity contribution in [2.75, 3.05) is 11.9 Å². The molecule has 3 aliphatic heterocycles. The molecule has 188 valence electrons. The third-order valence-electron chi connectivity index (χ3n) is 7.74. The zero-order chi connectivity index (χ0) is 25.9. The van der Waals surface area contributed by atoms with Crippen LogP contribution in [0.1, 0.15) is 22.8 Å². The Morgan fingerprint density at radius 3 is 2.38 bits per heavy atom. The molecule has 3 aliphatic rings. The average molecular weight is 536 g/mol. The maximum Gasteiger partial charge on any atom is 0.250 e. The fourth-order valence-corrected chi connectivity index (χ4v) is 6.37. The molecule has 0 unspecified atom stereocenters. The van der Waals surface area contributed by atoms with E-state index >= 15 is 0 Å². The smallest absolute Gasteiger partial charge is 0.250 e. The number of carbonyl (C=O) groups excluding carboxylic acids is 3. The zero-order valence-corrected chi connectivity index (χ0v) is 21.0. The van der Waals surface area contributed by atoms with Gasteiger partial charge in [0.15, 0.2) is 0 Å². The summed E-state index contributed by atoms with van der Waals surface area (Å²) in [4.78, 5) is 42.6. The van der Waals surface area contributed by atoms with Gasteiger partial charge in [-0.15, -0.1) is 0 Å². The monoisotopic (exact) mass is 535 g/mol. The molecule has 0 radical (unpaired) electrons. The van der Waals surface area contributed by atoms with Crippen molar-refractivity contribution in [2.45, 2.75) is 24.1 Å². The summed E-state index contributed by atoms with van der Waals surface area (Å²) in [6.07, 6.45) is -0.692. The SMILES string of the molecule is O=C1[C@@H]2[C@H]([C@H](O)c3ccc(Cl)cc3)N[C@]3(C(=O)Nc4c(Cl)cccc43)[C@H]2C(=O)N1CCc1ccccc1. The summed E-state index contributed by atoms with van der Waals surface area (Å²) in [6.45, 7) is 0.179. The van der Waals surface area contributed by atoms with Crippen LogP contribution in [0.15, 0.2) is 72.8 Å². The number of nitrogens with zero attached hydrogens (tertiary/aromatic N) is 1. The van der Waals surface area contributed by atoms with Crippen LogP contribution in [0.5, 0.6) is 0 Å². The van der Waals surface area contributed by atoms with Crippen LogP contribution in [-0.4, -0.2) is 40.3 Å². The van der Waals surface area contributed by atoms with E-state index in [2.05, 4.69) is 10.6 Å². The lowest BCUT2D eigenvalue weighted by molar-refractivity contribution is -0.143. The minimum Gasteiger partial charge on any atom is -0.387 e. The van der Waals surface area contributed by atoms with Gasteiger partial charge in [0, 0.05) is 17.1 Å². The summed E-state index contributed by atoms with van der Waals surface area (Å²) in [6, 6.07) is 20.4. The Bertz CT molecular complexity index is 1410. The van der Waals surface area contributed by atoms with E-state index in [1.807, 2.05) is 30.3 Å². The normalized spacial score (nSPS) is 26.9. The van der Waals surface area contributed by atoms with Crippen molar-refractivity contribution in [3.05, 3.63) is 99.5 Å². The summed E-state index contributed by atoms with van der Waals surface area (Å²) >= 11 is 12.4. The van der Waals surface area contributed by atoms with Crippen molar-refractivity contribution in [3.8, 4) is 0 Å². The second kappa shape index (κ2) is 8.96. The van der Waals surface area contributed by atoms with Crippen LogP contribution in [0.2, 0.25) is 10.0 Å². The van der Waals surface area contributed by atoms with Gasteiger partial charge < -0.3 is 10.4 Å². The molecule has 3 N–H and O–H groups in total. The lowest BCUT2D eigenvalue weighted by atomic mass is 9.76. The van der Waals surface area contributed by atoms with Crippen molar-refractivity contribution in [3.63, 3.8) is 0 Å². The van der Waals surface area contributed by atoms with Crippen LogP contribution in [0, 0.1) is 11.8 Å². The number of halogens is 2. The molecule has 3 aromatic rings. The number of benzene rings is 3. The quantitative estimate of drug-likeness (QED) is 0.433. The topological polar surface area (TPSA) is 98.7 Å². The first-order valence-electron chi connectivity index (χ1n) is 12.0. The molecule has 7 nitrogen and oxygen atoms in total. The van der Waals surface area contributed by atoms with Crippen molar-refractivity contribution in [2.24, 2.45) is 11.8 Å². The molecule has 37 heavy (non-hydrogen) atoms. The number of hydrogen-bond donors (Lipinski definition) is 3. The molecule has 0 aliphatic carbocycles. The minimum atomic E-state index is -1.54. The highest BCUT2D eigenvalue weighted by atomic mass is 35.5. The van der Waals surface area contributed by atoms with Gasteiger partial charge in [0.05, 0.1) is 34.7 Å². The second-order valence-corrected chi connectivity index (χ2v) is 10.5. The average Bonchev–Trinajstić information content (AvgIpc) is 3.49. The standard InChI is InChI=1S/C28H23Cl2N3O4/c29-17-11-9-16(10-12-17)24(34)23-20-21(26(36)33(25(20)35)14-13-15-5-2-1-3-6-15)28(32-23)18-7-4-8-19(30)22(18)31-27(28)37/h1-12,20-21,23-24,32,34H,13-14H2,(H,31,37)/t20-,21+,23+,24+,28-/m0/s1. The minimum absolute atomic E-state index is 0.179. The molecule has 3 amide bonds. The summed E-state index contributed by atoms with van der Waals surface area (Å²) in [7, 11) is 0. The molecule has 3 heterocycles. The number of rotatable bonds is 5. The molecule has 3 aromatic carbocycles. The van der Waals surface area contributed by atoms with Crippen molar-refractivity contribution in [1.29, 1.82) is 0 Å². The molecule has 2 saturated heterocycles. The van der Waals surface area contributed by atoms with Gasteiger partial charge in [-0.2, -0.15) is 0 Å². The number of hydrogen-bond acceptors (Lipinski definition) is 5. The number of carbonyl (C=O) groups is 3. The van der Waals surface area contributed by atoms with Crippen LogP contribution in [0.25, 0.3) is 0 Å². The first kappa shape index (κ1) is 24.1. The van der Waals surface area contributed by atoms with E-state index in [4.69, 9.17) is 23.2 Å². The molecule has 6 rings (SSSR count). The van der Waals surface area contributed by atoms with Crippen LogP contribution in [-0.2, 0) is 26.3 Å². The molecular weight excluding hydrogens is 513 g/mol.